The minimum Gasteiger partial charge on any atom is -0.356 e. The molecule has 3 heteroatoms. The highest BCUT2D eigenvalue weighted by Gasteiger charge is 2.25. The lowest BCUT2D eigenvalue weighted by molar-refractivity contribution is -0.125. The van der Waals surface area contributed by atoms with E-state index in [0.717, 1.165) is 32.2 Å². The van der Waals surface area contributed by atoms with Gasteiger partial charge in [0, 0.05) is 12.6 Å². The second-order valence-electron chi connectivity index (χ2n) is 3.47. The van der Waals surface area contributed by atoms with Crippen LogP contribution in [0.5, 0.6) is 0 Å². The van der Waals surface area contributed by atoms with E-state index in [-0.39, 0.29) is 17.9 Å². The molecule has 3 N–H and O–H groups in total. The lowest BCUT2D eigenvalue weighted by Crippen LogP contribution is -2.40. The van der Waals surface area contributed by atoms with E-state index in [1.165, 1.54) is 0 Å². The Hall–Kier alpha value is -0.570. The maximum Gasteiger partial charge on any atom is 0.224 e. The molecular weight excluding hydrogens is 152 g/mol. The third-order valence-corrected chi connectivity index (χ3v) is 2.57. The normalized spacial score (nSPS) is 27.5. The summed E-state index contributed by atoms with van der Waals surface area (Å²) in [4.78, 5) is 11.4. The number of nitrogens with two attached hydrogens (primary N) is 1. The monoisotopic (exact) mass is 170 g/mol. The van der Waals surface area contributed by atoms with E-state index in [2.05, 4.69) is 5.32 Å². The van der Waals surface area contributed by atoms with Crippen molar-refractivity contribution in [1.82, 2.24) is 5.32 Å². The molecule has 0 aliphatic carbocycles. The van der Waals surface area contributed by atoms with Crippen molar-refractivity contribution < 1.29 is 4.79 Å². The van der Waals surface area contributed by atoms with Gasteiger partial charge in [0.05, 0.1) is 5.92 Å². The molecule has 0 radical (unpaired) electrons. The van der Waals surface area contributed by atoms with Crippen molar-refractivity contribution in [1.29, 1.82) is 0 Å². The molecule has 1 aliphatic rings. The summed E-state index contributed by atoms with van der Waals surface area (Å²) in [5, 5.41) is 2.89. The molecule has 2 unspecified atom stereocenters. The van der Waals surface area contributed by atoms with Gasteiger partial charge in [-0.3, -0.25) is 4.79 Å². The summed E-state index contributed by atoms with van der Waals surface area (Å²) in [5.74, 6) is 0.208. The largest absolute Gasteiger partial charge is 0.356 e. The van der Waals surface area contributed by atoms with Gasteiger partial charge in [-0.1, -0.05) is 13.3 Å². The van der Waals surface area contributed by atoms with Gasteiger partial charge in [0.2, 0.25) is 5.91 Å². The first-order valence-corrected chi connectivity index (χ1v) is 4.79. The maximum absolute atomic E-state index is 11.4. The van der Waals surface area contributed by atoms with E-state index in [0.29, 0.717) is 0 Å². The van der Waals surface area contributed by atoms with Crippen LogP contribution < -0.4 is 11.1 Å². The van der Waals surface area contributed by atoms with E-state index in [1.807, 2.05) is 6.92 Å². The standard InChI is InChI=1S/C9H18N2O/c1-2-8(10)7-5-3-4-6-11-9(7)12/h7-8H,2-6,10H2,1H3,(H,11,12). The summed E-state index contributed by atoms with van der Waals surface area (Å²) in [6.07, 6.45) is 4.06. The van der Waals surface area contributed by atoms with Crippen molar-refractivity contribution in [2.75, 3.05) is 6.54 Å². The Morgan fingerprint density at radius 1 is 1.67 bits per heavy atom. The zero-order valence-electron chi connectivity index (χ0n) is 7.68. The van der Waals surface area contributed by atoms with Gasteiger partial charge >= 0.3 is 0 Å². The smallest absolute Gasteiger partial charge is 0.224 e. The van der Waals surface area contributed by atoms with Crippen LogP contribution in [0.15, 0.2) is 0 Å². The minimum atomic E-state index is 0.0445. The summed E-state index contributed by atoms with van der Waals surface area (Å²) >= 11 is 0. The van der Waals surface area contributed by atoms with Crippen LogP contribution in [-0.4, -0.2) is 18.5 Å². The van der Waals surface area contributed by atoms with E-state index in [4.69, 9.17) is 5.73 Å². The molecule has 2 atom stereocenters. The molecule has 1 amide bonds. The van der Waals surface area contributed by atoms with Crippen LogP contribution >= 0.6 is 0 Å². The molecule has 1 fully saturated rings. The number of carbonyl (C=O) groups is 1. The summed E-state index contributed by atoms with van der Waals surface area (Å²) in [6, 6.07) is 0.0445. The predicted molar refractivity (Wildman–Crippen MR) is 48.6 cm³/mol. The summed E-state index contributed by atoms with van der Waals surface area (Å²) < 4.78 is 0. The maximum atomic E-state index is 11.4. The zero-order valence-corrected chi connectivity index (χ0v) is 7.68. The average molecular weight is 170 g/mol. The number of rotatable bonds is 2. The molecule has 70 valence electrons. The molecular formula is C9H18N2O. The highest BCUT2D eigenvalue weighted by atomic mass is 16.1. The molecule has 0 spiro atoms. The molecule has 0 saturated carbocycles. The Labute approximate surface area is 73.7 Å². The van der Waals surface area contributed by atoms with Crippen molar-refractivity contribution in [2.45, 2.75) is 38.6 Å². The zero-order chi connectivity index (χ0) is 8.97. The Morgan fingerprint density at radius 3 is 3.08 bits per heavy atom. The van der Waals surface area contributed by atoms with Crippen LogP contribution in [-0.2, 0) is 4.79 Å². The minimum absolute atomic E-state index is 0.0445. The molecule has 0 aromatic heterocycles. The van der Waals surface area contributed by atoms with Crippen molar-refractivity contribution in [2.24, 2.45) is 11.7 Å². The topological polar surface area (TPSA) is 55.1 Å². The first-order valence-electron chi connectivity index (χ1n) is 4.79. The summed E-state index contributed by atoms with van der Waals surface area (Å²) in [7, 11) is 0. The van der Waals surface area contributed by atoms with Gasteiger partial charge < -0.3 is 11.1 Å². The van der Waals surface area contributed by atoms with Crippen LogP contribution in [0, 0.1) is 5.92 Å². The fourth-order valence-electron chi connectivity index (χ4n) is 1.66. The van der Waals surface area contributed by atoms with Crippen LogP contribution in [0.2, 0.25) is 0 Å². The van der Waals surface area contributed by atoms with Crippen molar-refractivity contribution >= 4 is 5.91 Å². The Bertz CT molecular complexity index is 159. The molecule has 0 aromatic carbocycles. The molecule has 1 rings (SSSR count). The predicted octanol–water partition coefficient (Wildman–Crippen LogP) is 0.640. The van der Waals surface area contributed by atoms with Gasteiger partial charge in [0.25, 0.3) is 0 Å². The quantitative estimate of drug-likeness (QED) is 0.639. The van der Waals surface area contributed by atoms with Crippen LogP contribution in [0.4, 0.5) is 0 Å². The average Bonchev–Trinajstić information content (AvgIpc) is 2.28. The lowest BCUT2D eigenvalue weighted by Gasteiger charge is -2.18. The van der Waals surface area contributed by atoms with Gasteiger partial charge in [-0.05, 0) is 19.3 Å². The lowest BCUT2D eigenvalue weighted by atomic mass is 9.93. The van der Waals surface area contributed by atoms with Gasteiger partial charge in [0.1, 0.15) is 0 Å². The van der Waals surface area contributed by atoms with Crippen molar-refractivity contribution in [3.05, 3.63) is 0 Å². The van der Waals surface area contributed by atoms with E-state index >= 15 is 0 Å². The first kappa shape index (κ1) is 9.52. The van der Waals surface area contributed by atoms with E-state index in [9.17, 15) is 4.79 Å². The van der Waals surface area contributed by atoms with Crippen LogP contribution in [0.1, 0.15) is 32.6 Å². The van der Waals surface area contributed by atoms with Gasteiger partial charge in [-0.25, -0.2) is 0 Å². The molecule has 1 aliphatic heterocycles. The molecule has 3 nitrogen and oxygen atoms in total. The highest BCUT2D eigenvalue weighted by molar-refractivity contribution is 5.79. The van der Waals surface area contributed by atoms with E-state index in [1.54, 1.807) is 0 Å². The first-order chi connectivity index (χ1) is 5.75. The summed E-state index contributed by atoms with van der Waals surface area (Å²) in [5.41, 5.74) is 5.85. The number of amides is 1. The van der Waals surface area contributed by atoms with Crippen molar-refractivity contribution in [3.63, 3.8) is 0 Å². The van der Waals surface area contributed by atoms with E-state index < -0.39 is 0 Å². The molecule has 12 heavy (non-hydrogen) atoms. The fourth-order valence-corrected chi connectivity index (χ4v) is 1.66. The number of nitrogens with one attached hydrogen (secondary N) is 1. The molecule has 1 heterocycles. The number of hydrogen-bond donors (Lipinski definition) is 2. The Kier molecular flexibility index (Phi) is 3.53. The van der Waals surface area contributed by atoms with Crippen LogP contribution in [0.3, 0.4) is 0 Å². The van der Waals surface area contributed by atoms with Crippen LogP contribution in [0.25, 0.3) is 0 Å². The third-order valence-electron chi connectivity index (χ3n) is 2.57. The SMILES string of the molecule is CCC(N)C1CCCCNC1=O. The molecule has 1 saturated heterocycles. The number of hydrogen-bond acceptors (Lipinski definition) is 2. The van der Waals surface area contributed by atoms with Gasteiger partial charge in [-0.2, -0.15) is 0 Å². The molecule has 0 bridgehead atoms. The second-order valence-corrected chi connectivity index (χ2v) is 3.47. The Morgan fingerprint density at radius 2 is 2.42 bits per heavy atom. The summed E-state index contributed by atoms with van der Waals surface area (Å²) in [6.45, 7) is 2.86. The molecule has 0 aromatic rings. The van der Waals surface area contributed by atoms with Crippen molar-refractivity contribution in [3.8, 4) is 0 Å². The third kappa shape index (κ3) is 2.21. The van der Waals surface area contributed by atoms with Gasteiger partial charge in [-0.15, -0.1) is 0 Å². The fraction of sp³-hybridized carbons (Fsp3) is 0.889. The van der Waals surface area contributed by atoms with Gasteiger partial charge in [0.15, 0.2) is 0 Å². The second kappa shape index (κ2) is 4.45. The number of carbonyl (C=O) groups excluding carboxylic acids is 1. The Balaban J connectivity index is 2.52. The highest BCUT2D eigenvalue weighted by Crippen LogP contribution is 2.16.